The summed E-state index contributed by atoms with van der Waals surface area (Å²) in [5.74, 6) is 1.92. The molecular formula is C12H21N3O. The van der Waals surface area contributed by atoms with E-state index >= 15 is 0 Å². The fourth-order valence-corrected chi connectivity index (χ4v) is 2.31. The van der Waals surface area contributed by atoms with Crippen molar-refractivity contribution in [2.24, 2.45) is 5.73 Å². The Hall–Kier alpha value is -0.900. The molecule has 1 fully saturated rings. The molecule has 1 atom stereocenters. The van der Waals surface area contributed by atoms with Crippen LogP contribution in [0.4, 0.5) is 0 Å². The molecule has 0 bridgehead atoms. The van der Waals surface area contributed by atoms with Gasteiger partial charge in [0.05, 0.1) is 6.04 Å². The minimum Gasteiger partial charge on any atom is -0.338 e. The normalized spacial score (nSPS) is 21.4. The Morgan fingerprint density at radius 2 is 1.81 bits per heavy atom. The van der Waals surface area contributed by atoms with E-state index in [-0.39, 0.29) is 6.04 Å². The predicted molar refractivity (Wildman–Crippen MR) is 62.0 cm³/mol. The second-order valence-corrected chi connectivity index (χ2v) is 4.82. The molecule has 1 heterocycles. The largest absolute Gasteiger partial charge is 0.338 e. The highest BCUT2D eigenvalue weighted by molar-refractivity contribution is 4.97. The molecule has 0 aromatic carbocycles. The Balaban J connectivity index is 2.02. The molecule has 1 unspecified atom stereocenters. The number of rotatable bonds is 2. The lowest BCUT2D eigenvalue weighted by molar-refractivity contribution is 0.348. The van der Waals surface area contributed by atoms with Crippen LogP contribution < -0.4 is 5.73 Å². The second-order valence-electron chi connectivity index (χ2n) is 4.82. The molecule has 4 heteroatoms. The molecule has 90 valence electrons. The minimum atomic E-state index is -0.158. The first-order valence-corrected chi connectivity index (χ1v) is 6.36. The third kappa shape index (κ3) is 2.82. The zero-order valence-corrected chi connectivity index (χ0v) is 9.98. The number of hydrogen-bond donors (Lipinski definition) is 1. The predicted octanol–water partition coefficient (Wildman–Crippen LogP) is 2.92. The van der Waals surface area contributed by atoms with Crippen LogP contribution in [0, 0.1) is 0 Å². The van der Waals surface area contributed by atoms with Gasteiger partial charge in [-0.25, -0.2) is 0 Å². The highest BCUT2D eigenvalue weighted by atomic mass is 16.5. The van der Waals surface area contributed by atoms with Crippen LogP contribution in [0.5, 0.6) is 0 Å². The first-order chi connectivity index (χ1) is 7.77. The summed E-state index contributed by atoms with van der Waals surface area (Å²) in [6, 6.07) is -0.158. The van der Waals surface area contributed by atoms with Gasteiger partial charge in [0.1, 0.15) is 0 Å². The summed E-state index contributed by atoms with van der Waals surface area (Å²) < 4.78 is 5.17. The van der Waals surface area contributed by atoms with Gasteiger partial charge in [0, 0.05) is 5.92 Å². The third-order valence-electron chi connectivity index (χ3n) is 3.32. The SMILES string of the molecule is CC(N)c1nc(C2CCCCCCC2)no1. The summed E-state index contributed by atoms with van der Waals surface area (Å²) in [6.07, 6.45) is 9.02. The van der Waals surface area contributed by atoms with Crippen molar-refractivity contribution < 1.29 is 4.52 Å². The van der Waals surface area contributed by atoms with Crippen molar-refractivity contribution in [1.82, 2.24) is 10.1 Å². The van der Waals surface area contributed by atoms with Crippen molar-refractivity contribution in [2.45, 2.75) is 63.8 Å². The number of nitrogens with zero attached hydrogens (tertiary/aromatic N) is 2. The van der Waals surface area contributed by atoms with Crippen molar-refractivity contribution in [2.75, 3.05) is 0 Å². The standard InChI is InChI=1S/C12H21N3O/c1-9(13)12-14-11(15-16-12)10-7-5-3-2-4-6-8-10/h9-10H,2-8,13H2,1H3. The zero-order valence-electron chi connectivity index (χ0n) is 9.98. The van der Waals surface area contributed by atoms with Crippen LogP contribution in [0.3, 0.4) is 0 Å². The van der Waals surface area contributed by atoms with Crippen LogP contribution in [0.1, 0.15) is 75.5 Å². The summed E-state index contributed by atoms with van der Waals surface area (Å²) in [4.78, 5) is 4.40. The minimum absolute atomic E-state index is 0.158. The molecule has 2 rings (SSSR count). The molecule has 0 radical (unpaired) electrons. The molecule has 0 spiro atoms. The fraction of sp³-hybridized carbons (Fsp3) is 0.833. The van der Waals surface area contributed by atoms with Crippen molar-refractivity contribution >= 4 is 0 Å². The lowest BCUT2D eigenvalue weighted by Gasteiger charge is -2.15. The fourth-order valence-electron chi connectivity index (χ4n) is 2.31. The van der Waals surface area contributed by atoms with Crippen LogP contribution in [0.2, 0.25) is 0 Å². The van der Waals surface area contributed by atoms with E-state index in [1.54, 1.807) is 0 Å². The van der Waals surface area contributed by atoms with Crippen molar-refractivity contribution in [3.05, 3.63) is 11.7 Å². The van der Waals surface area contributed by atoms with E-state index < -0.39 is 0 Å². The Labute approximate surface area is 96.6 Å². The van der Waals surface area contributed by atoms with Gasteiger partial charge < -0.3 is 10.3 Å². The van der Waals surface area contributed by atoms with Gasteiger partial charge in [0.2, 0.25) is 5.89 Å². The van der Waals surface area contributed by atoms with Crippen LogP contribution >= 0.6 is 0 Å². The maximum absolute atomic E-state index is 5.72. The summed E-state index contributed by atoms with van der Waals surface area (Å²) in [5, 5.41) is 4.07. The first kappa shape index (κ1) is 11.6. The number of nitrogens with two attached hydrogens (primary N) is 1. The quantitative estimate of drug-likeness (QED) is 0.837. The number of hydrogen-bond acceptors (Lipinski definition) is 4. The lowest BCUT2D eigenvalue weighted by atomic mass is 9.91. The van der Waals surface area contributed by atoms with E-state index in [1.165, 1.54) is 44.9 Å². The molecule has 1 aromatic rings. The van der Waals surface area contributed by atoms with E-state index in [0.29, 0.717) is 11.8 Å². The summed E-state index contributed by atoms with van der Waals surface area (Å²) in [7, 11) is 0. The average molecular weight is 223 g/mol. The van der Waals surface area contributed by atoms with Gasteiger partial charge in [-0.05, 0) is 19.8 Å². The average Bonchev–Trinajstić information content (AvgIpc) is 2.66. The Kier molecular flexibility index (Phi) is 3.93. The molecular weight excluding hydrogens is 202 g/mol. The summed E-state index contributed by atoms with van der Waals surface area (Å²) >= 11 is 0. The van der Waals surface area contributed by atoms with Gasteiger partial charge in [0.25, 0.3) is 0 Å². The van der Waals surface area contributed by atoms with Crippen LogP contribution in [-0.4, -0.2) is 10.1 Å². The third-order valence-corrected chi connectivity index (χ3v) is 3.32. The Bertz CT molecular complexity index is 314. The van der Waals surface area contributed by atoms with Crippen molar-refractivity contribution in [3.63, 3.8) is 0 Å². The summed E-state index contributed by atoms with van der Waals surface area (Å²) in [5.41, 5.74) is 5.72. The second kappa shape index (κ2) is 5.43. The maximum atomic E-state index is 5.72. The topological polar surface area (TPSA) is 64.9 Å². The first-order valence-electron chi connectivity index (χ1n) is 6.36. The van der Waals surface area contributed by atoms with Gasteiger partial charge in [-0.1, -0.05) is 37.3 Å². The van der Waals surface area contributed by atoms with Crippen molar-refractivity contribution in [1.29, 1.82) is 0 Å². The molecule has 1 aliphatic rings. The van der Waals surface area contributed by atoms with Gasteiger partial charge in [-0.15, -0.1) is 0 Å². The highest BCUT2D eigenvalue weighted by Gasteiger charge is 2.20. The lowest BCUT2D eigenvalue weighted by Crippen LogP contribution is -2.07. The highest BCUT2D eigenvalue weighted by Crippen LogP contribution is 2.29. The maximum Gasteiger partial charge on any atom is 0.243 e. The van der Waals surface area contributed by atoms with E-state index in [4.69, 9.17) is 10.3 Å². The molecule has 2 N–H and O–H groups in total. The van der Waals surface area contributed by atoms with Gasteiger partial charge >= 0.3 is 0 Å². The molecule has 0 saturated heterocycles. The van der Waals surface area contributed by atoms with E-state index in [9.17, 15) is 0 Å². The molecule has 0 amide bonds. The Morgan fingerprint density at radius 1 is 1.19 bits per heavy atom. The van der Waals surface area contributed by atoms with Crippen LogP contribution in [0.25, 0.3) is 0 Å². The number of aromatic nitrogens is 2. The van der Waals surface area contributed by atoms with Gasteiger partial charge in [-0.3, -0.25) is 0 Å². The molecule has 1 aliphatic carbocycles. The molecule has 4 nitrogen and oxygen atoms in total. The summed E-state index contributed by atoms with van der Waals surface area (Å²) in [6.45, 7) is 1.87. The van der Waals surface area contributed by atoms with E-state index in [2.05, 4.69) is 10.1 Å². The molecule has 1 aromatic heterocycles. The zero-order chi connectivity index (χ0) is 11.4. The van der Waals surface area contributed by atoms with Crippen LogP contribution in [0.15, 0.2) is 4.52 Å². The monoisotopic (exact) mass is 223 g/mol. The molecule has 16 heavy (non-hydrogen) atoms. The molecule has 0 aliphatic heterocycles. The van der Waals surface area contributed by atoms with E-state index in [1.807, 2.05) is 6.92 Å². The van der Waals surface area contributed by atoms with Gasteiger partial charge in [0.15, 0.2) is 5.82 Å². The van der Waals surface area contributed by atoms with Gasteiger partial charge in [-0.2, -0.15) is 4.98 Å². The van der Waals surface area contributed by atoms with Crippen molar-refractivity contribution in [3.8, 4) is 0 Å². The smallest absolute Gasteiger partial charge is 0.243 e. The van der Waals surface area contributed by atoms with E-state index in [0.717, 1.165) is 5.82 Å². The van der Waals surface area contributed by atoms with Crippen LogP contribution in [-0.2, 0) is 0 Å². The Morgan fingerprint density at radius 3 is 2.38 bits per heavy atom. The molecule has 1 saturated carbocycles.